The molecule has 4 rings (SSSR count). The van der Waals surface area contributed by atoms with Crippen LogP contribution in [0.4, 0.5) is 5.69 Å². The topological polar surface area (TPSA) is 95.1 Å². The molecule has 0 bridgehead atoms. The van der Waals surface area contributed by atoms with Gasteiger partial charge in [0.1, 0.15) is 6.04 Å². The van der Waals surface area contributed by atoms with Gasteiger partial charge in [-0.3, -0.25) is 4.79 Å². The van der Waals surface area contributed by atoms with Crippen LogP contribution in [-0.4, -0.2) is 69.3 Å². The van der Waals surface area contributed by atoms with Crippen LogP contribution in [0.5, 0.6) is 0 Å². The Balaban J connectivity index is 1.56. The van der Waals surface area contributed by atoms with Crippen LogP contribution >= 0.6 is 0 Å². The highest BCUT2D eigenvalue weighted by atomic mass is 32.2. The summed E-state index contributed by atoms with van der Waals surface area (Å²) in [4.78, 5) is 15.2. The Morgan fingerprint density at radius 3 is 2.45 bits per heavy atom. The SMILES string of the molecule is CCCS(=O)(=O)N1CCCC1C(=O)N1CCc2cc(S(=O)(=O)N3CCCCC3)ccc21. The summed E-state index contributed by atoms with van der Waals surface area (Å²) in [6.45, 7) is 3.74. The second kappa shape index (κ2) is 8.80. The first-order valence-corrected chi connectivity index (χ1v) is 14.2. The fourth-order valence-corrected chi connectivity index (χ4v) is 8.21. The normalized spacial score (nSPS) is 23.3. The molecule has 0 saturated carbocycles. The maximum absolute atomic E-state index is 13.3. The summed E-state index contributed by atoms with van der Waals surface area (Å²) in [5.41, 5.74) is 1.52. The molecule has 3 aliphatic rings. The molecule has 10 heteroatoms. The lowest BCUT2D eigenvalue weighted by Crippen LogP contribution is -2.48. The van der Waals surface area contributed by atoms with Crippen LogP contribution in [0, 0.1) is 0 Å². The zero-order chi connectivity index (χ0) is 22.2. The minimum atomic E-state index is -3.53. The number of carbonyl (C=O) groups is 1. The quantitative estimate of drug-likeness (QED) is 0.635. The Morgan fingerprint density at radius 2 is 1.74 bits per heavy atom. The highest BCUT2D eigenvalue weighted by Crippen LogP contribution is 2.34. The lowest BCUT2D eigenvalue weighted by molar-refractivity contribution is -0.121. The van der Waals surface area contributed by atoms with Gasteiger partial charge in [-0.15, -0.1) is 0 Å². The summed E-state index contributed by atoms with van der Waals surface area (Å²) in [7, 11) is -6.98. The second-order valence-corrected chi connectivity index (χ2v) is 12.6. The summed E-state index contributed by atoms with van der Waals surface area (Å²) >= 11 is 0. The third kappa shape index (κ3) is 4.27. The summed E-state index contributed by atoms with van der Waals surface area (Å²) in [6, 6.07) is 4.30. The standard InChI is InChI=1S/C21H31N3O5S2/c1-2-15-30(26,27)24-13-6-7-20(24)21(25)23-14-10-17-16-18(8-9-19(17)23)31(28,29)22-11-4-3-5-12-22/h8-9,16,20H,2-7,10-15H2,1H3. The minimum Gasteiger partial charge on any atom is -0.310 e. The van der Waals surface area contributed by atoms with Crippen molar-refractivity contribution in [2.24, 2.45) is 0 Å². The molecule has 31 heavy (non-hydrogen) atoms. The Kier molecular flexibility index (Phi) is 6.44. The number of fused-ring (bicyclic) bond motifs is 1. The van der Waals surface area contributed by atoms with E-state index in [9.17, 15) is 21.6 Å². The van der Waals surface area contributed by atoms with E-state index in [4.69, 9.17) is 0 Å². The molecule has 3 heterocycles. The summed E-state index contributed by atoms with van der Waals surface area (Å²) < 4.78 is 54.1. The molecule has 1 atom stereocenters. The van der Waals surface area contributed by atoms with Gasteiger partial charge in [0.05, 0.1) is 10.6 Å². The average molecular weight is 470 g/mol. The first-order chi connectivity index (χ1) is 14.8. The van der Waals surface area contributed by atoms with Crippen LogP contribution < -0.4 is 4.90 Å². The van der Waals surface area contributed by atoms with Gasteiger partial charge in [-0.1, -0.05) is 13.3 Å². The van der Waals surface area contributed by atoms with E-state index in [1.54, 1.807) is 27.4 Å². The molecule has 0 N–H and O–H groups in total. The van der Waals surface area contributed by atoms with Gasteiger partial charge in [-0.25, -0.2) is 16.8 Å². The average Bonchev–Trinajstić information content (AvgIpc) is 3.41. The van der Waals surface area contributed by atoms with Crippen molar-refractivity contribution < 1.29 is 21.6 Å². The van der Waals surface area contributed by atoms with Gasteiger partial charge in [0.15, 0.2) is 0 Å². The summed E-state index contributed by atoms with van der Waals surface area (Å²) in [5.74, 6) is -0.159. The predicted octanol–water partition coefficient (Wildman–Crippen LogP) is 1.95. The Morgan fingerprint density at radius 1 is 1.00 bits per heavy atom. The molecule has 1 aromatic carbocycles. The molecule has 0 radical (unpaired) electrons. The summed E-state index contributed by atoms with van der Waals surface area (Å²) in [5, 5.41) is 0. The number of carbonyl (C=O) groups excluding carboxylic acids is 1. The summed E-state index contributed by atoms with van der Waals surface area (Å²) in [6.07, 6.45) is 5.09. The van der Waals surface area contributed by atoms with E-state index in [0.29, 0.717) is 57.5 Å². The van der Waals surface area contributed by atoms with Gasteiger partial charge in [0.2, 0.25) is 26.0 Å². The van der Waals surface area contributed by atoms with E-state index in [1.807, 2.05) is 6.92 Å². The lowest BCUT2D eigenvalue weighted by atomic mass is 10.1. The Bertz CT molecular complexity index is 1050. The van der Waals surface area contributed by atoms with Gasteiger partial charge in [0, 0.05) is 31.9 Å². The molecule has 2 fully saturated rings. The maximum Gasteiger partial charge on any atom is 0.245 e. The first kappa shape index (κ1) is 22.7. The van der Waals surface area contributed by atoms with Crippen LogP contribution in [0.1, 0.15) is 51.0 Å². The third-order valence-corrected chi connectivity index (χ3v) is 10.4. The largest absolute Gasteiger partial charge is 0.310 e. The van der Waals surface area contributed by atoms with Crippen LogP contribution in [0.25, 0.3) is 0 Å². The molecule has 1 amide bonds. The third-order valence-electron chi connectivity index (χ3n) is 6.47. The number of nitrogens with zero attached hydrogens (tertiary/aromatic N) is 3. The number of benzene rings is 1. The van der Waals surface area contributed by atoms with E-state index in [2.05, 4.69) is 0 Å². The molecule has 8 nitrogen and oxygen atoms in total. The maximum atomic E-state index is 13.3. The van der Waals surface area contributed by atoms with Crippen molar-refractivity contribution in [3.8, 4) is 0 Å². The van der Waals surface area contributed by atoms with Crippen LogP contribution in [-0.2, 0) is 31.3 Å². The first-order valence-electron chi connectivity index (χ1n) is 11.2. The molecule has 0 spiro atoms. The molecule has 1 aromatic rings. The van der Waals surface area contributed by atoms with Crippen LogP contribution in [0.15, 0.2) is 23.1 Å². The number of amides is 1. The lowest BCUT2D eigenvalue weighted by Gasteiger charge is -2.28. The van der Waals surface area contributed by atoms with Crippen molar-refractivity contribution in [3.05, 3.63) is 23.8 Å². The van der Waals surface area contributed by atoms with E-state index < -0.39 is 26.1 Å². The van der Waals surface area contributed by atoms with Crippen molar-refractivity contribution >= 4 is 31.6 Å². The van der Waals surface area contributed by atoms with E-state index in [1.165, 1.54) is 4.31 Å². The Hall–Kier alpha value is -1.49. The number of anilines is 1. The highest BCUT2D eigenvalue weighted by molar-refractivity contribution is 7.89. The van der Waals surface area contributed by atoms with E-state index in [0.717, 1.165) is 24.8 Å². The van der Waals surface area contributed by atoms with Gasteiger partial charge in [-0.2, -0.15) is 8.61 Å². The van der Waals surface area contributed by atoms with Gasteiger partial charge < -0.3 is 4.90 Å². The second-order valence-electron chi connectivity index (χ2n) is 8.58. The van der Waals surface area contributed by atoms with Crippen LogP contribution in [0.3, 0.4) is 0 Å². The molecule has 3 aliphatic heterocycles. The number of piperidine rings is 1. The zero-order valence-electron chi connectivity index (χ0n) is 18.0. The number of hydrogen-bond donors (Lipinski definition) is 0. The monoisotopic (exact) mass is 469 g/mol. The van der Waals surface area contributed by atoms with Crippen LogP contribution in [0.2, 0.25) is 0 Å². The number of sulfonamides is 2. The van der Waals surface area contributed by atoms with Gasteiger partial charge in [0.25, 0.3) is 0 Å². The predicted molar refractivity (Wildman–Crippen MR) is 119 cm³/mol. The van der Waals surface area contributed by atoms with Gasteiger partial charge in [-0.05, 0) is 62.3 Å². The molecule has 0 aliphatic carbocycles. The van der Waals surface area contributed by atoms with Crippen molar-refractivity contribution in [3.63, 3.8) is 0 Å². The fourth-order valence-electron chi connectivity index (χ4n) is 4.90. The molecule has 2 saturated heterocycles. The molecular weight excluding hydrogens is 438 g/mol. The smallest absolute Gasteiger partial charge is 0.245 e. The number of hydrogen-bond acceptors (Lipinski definition) is 5. The van der Waals surface area contributed by atoms with Crippen molar-refractivity contribution in [2.45, 2.75) is 62.8 Å². The molecule has 0 aromatic heterocycles. The molecular formula is C21H31N3O5S2. The number of rotatable bonds is 6. The molecule has 1 unspecified atom stereocenters. The Labute approximate surface area is 185 Å². The van der Waals surface area contributed by atoms with Gasteiger partial charge >= 0.3 is 0 Å². The van der Waals surface area contributed by atoms with E-state index >= 15 is 0 Å². The minimum absolute atomic E-state index is 0.0467. The molecule has 172 valence electrons. The van der Waals surface area contributed by atoms with E-state index in [-0.39, 0.29) is 16.6 Å². The zero-order valence-corrected chi connectivity index (χ0v) is 19.6. The van der Waals surface area contributed by atoms with Crippen molar-refractivity contribution in [2.75, 3.05) is 36.8 Å². The highest BCUT2D eigenvalue weighted by Gasteiger charge is 2.41. The van der Waals surface area contributed by atoms with Crippen molar-refractivity contribution in [1.29, 1.82) is 0 Å². The van der Waals surface area contributed by atoms with Crippen molar-refractivity contribution in [1.82, 2.24) is 8.61 Å². The fraction of sp³-hybridized carbons (Fsp3) is 0.667.